The number of carbonyl (C=O) groups is 2. The molecule has 0 bridgehead atoms. The zero-order valence-electron chi connectivity index (χ0n) is 21.2. The summed E-state index contributed by atoms with van der Waals surface area (Å²) in [5.74, 6) is -0.825. The molecule has 0 aromatic heterocycles. The predicted molar refractivity (Wildman–Crippen MR) is 147 cm³/mol. The van der Waals surface area contributed by atoms with E-state index in [0.29, 0.717) is 5.02 Å². The van der Waals surface area contributed by atoms with Crippen LogP contribution in [0.1, 0.15) is 32.8 Å². The van der Waals surface area contributed by atoms with E-state index in [-0.39, 0.29) is 29.1 Å². The Labute approximate surface area is 224 Å². The van der Waals surface area contributed by atoms with Crippen molar-refractivity contribution in [2.75, 3.05) is 10.8 Å². The summed E-state index contributed by atoms with van der Waals surface area (Å²) in [5.41, 5.74) is 1.07. The van der Waals surface area contributed by atoms with Gasteiger partial charge in [0.1, 0.15) is 12.6 Å². The topological polar surface area (TPSA) is 86.8 Å². The molecule has 0 aliphatic carbocycles. The number of hydrogen-bond acceptors (Lipinski definition) is 4. The van der Waals surface area contributed by atoms with E-state index in [4.69, 9.17) is 11.6 Å². The first kappa shape index (κ1) is 28.2. The lowest BCUT2D eigenvalue weighted by atomic mass is 10.1. The number of hydrogen-bond donors (Lipinski definition) is 1. The van der Waals surface area contributed by atoms with Gasteiger partial charge in [0, 0.05) is 17.6 Å². The Morgan fingerprint density at radius 2 is 1.54 bits per heavy atom. The largest absolute Gasteiger partial charge is 0.352 e. The van der Waals surface area contributed by atoms with Gasteiger partial charge in [-0.15, -0.1) is 0 Å². The van der Waals surface area contributed by atoms with Crippen molar-refractivity contribution < 1.29 is 18.0 Å². The van der Waals surface area contributed by atoms with Crippen molar-refractivity contribution in [1.82, 2.24) is 10.2 Å². The number of rotatable bonds is 11. The average Bonchev–Trinajstić information content (AvgIpc) is 2.90. The minimum absolute atomic E-state index is 0.0416. The standard InChI is InChI=1S/C28H32ClN3O4S/c1-4-21(2)30-28(34)22(3)31(19-23-12-7-5-8-13-23)27(33)20-32(25-15-11-14-24(29)18-25)37(35,36)26-16-9-6-10-17-26/h5-18,21-22H,4,19-20H2,1-3H3,(H,30,34)/t21-,22-/m1/s1. The third-order valence-corrected chi connectivity index (χ3v) is 8.09. The summed E-state index contributed by atoms with van der Waals surface area (Å²) in [5, 5.41) is 3.25. The Hall–Kier alpha value is -3.36. The maximum atomic E-state index is 13.8. The fourth-order valence-corrected chi connectivity index (χ4v) is 5.32. The van der Waals surface area contributed by atoms with E-state index in [1.165, 1.54) is 23.1 Å². The summed E-state index contributed by atoms with van der Waals surface area (Å²) in [6.45, 7) is 5.13. The van der Waals surface area contributed by atoms with Gasteiger partial charge in [0.05, 0.1) is 10.6 Å². The van der Waals surface area contributed by atoms with Gasteiger partial charge < -0.3 is 10.2 Å². The van der Waals surface area contributed by atoms with Crippen LogP contribution in [0.4, 0.5) is 5.69 Å². The molecule has 0 unspecified atom stereocenters. The molecule has 3 aromatic rings. The maximum Gasteiger partial charge on any atom is 0.264 e. The van der Waals surface area contributed by atoms with Crippen molar-refractivity contribution in [1.29, 1.82) is 0 Å². The van der Waals surface area contributed by atoms with Crippen LogP contribution in [0.3, 0.4) is 0 Å². The van der Waals surface area contributed by atoms with Crippen LogP contribution in [0.5, 0.6) is 0 Å². The van der Waals surface area contributed by atoms with Crippen molar-refractivity contribution in [2.24, 2.45) is 0 Å². The Bertz CT molecular complexity index is 1300. The molecule has 2 atom stereocenters. The fourth-order valence-electron chi connectivity index (χ4n) is 3.71. The molecular weight excluding hydrogens is 510 g/mol. The molecule has 7 nitrogen and oxygen atoms in total. The van der Waals surface area contributed by atoms with E-state index in [1.54, 1.807) is 43.3 Å². The van der Waals surface area contributed by atoms with Crippen molar-refractivity contribution in [3.05, 3.63) is 95.5 Å². The summed E-state index contributed by atoms with van der Waals surface area (Å²) in [6, 6.07) is 22.6. The molecule has 9 heteroatoms. The summed E-state index contributed by atoms with van der Waals surface area (Å²) < 4.78 is 28.4. The maximum absolute atomic E-state index is 13.8. The van der Waals surface area contributed by atoms with Crippen LogP contribution in [0.15, 0.2) is 89.8 Å². The molecule has 0 radical (unpaired) electrons. The van der Waals surface area contributed by atoms with E-state index in [2.05, 4.69) is 5.32 Å². The number of carbonyl (C=O) groups excluding carboxylic acids is 2. The monoisotopic (exact) mass is 541 g/mol. The number of anilines is 1. The molecule has 37 heavy (non-hydrogen) atoms. The summed E-state index contributed by atoms with van der Waals surface area (Å²) in [4.78, 5) is 28.3. The zero-order chi connectivity index (χ0) is 27.0. The third-order valence-electron chi connectivity index (χ3n) is 6.07. The molecule has 196 valence electrons. The van der Waals surface area contributed by atoms with Crippen molar-refractivity contribution in [3.63, 3.8) is 0 Å². The van der Waals surface area contributed by atoms with Gasteiger partial charge in [0.2, 0.25) is 11.8 Å². The van der Waals surface area contributed by atoms with E-state index in [9.17, 15) is 18.0 Å². The van der Waals surface area contributed by atoms with E-state index >= 15 is 0 Å². The molecule has 3 rings (SSSR count). The molecule has 1 N–H and O–H groups in total. The van der Waals surface area contributed by atoms with Crippen molar-refractivity contribution in [3.8, 4) is 0 Å². The summed E-state index contributed by atoms with van der Waals surface area (Å²) >= 11 is 6.18. The molecular formula is C28H32ClN3O4S. The Balaban J connectivity index is 2.00. The molecule has 0 saturated heterocycles. The zero-order valence-corrected chi connectivity index (χ0v) is 22.7. The average molecular weight is 542 g/mol. The van der Waals surface area contributed by atoms with Gasteiger partial charge in [-0.2, -0.15) is 0 Å². The number of nitrogens with one attached hydrogen (secondary N) is 1. The van der Waals surface area contributed by atoms with E-state index in [0.717, 1.165) is 16.3 Å². The van der Waals surface area contributed by atoms with Crippen LogP contribution in [0.25, 0.3) is 0 Å². The fraction of sp³-hybridized carbons (Fsp3) is 0.286. The predicted octanol–water partition coefficient (Wildman–Crippen LogP) is 4.87. The van der Waals surface area contributed by atoms with Gasteiger partial charge in [-0.25, -0.2) is 8.42 Å². The van der Waals surface area contributed by atoms with Crippen LogP contribution in [-0.2, 0) is 26.2 Å². The van der Waals surface area contributed by atoms with Crippen LogP contribution < -0.4 is 9.62 Å². The van der Waals surface area contributed by atoms with Gasteiger partial charge in [0.15, 0.2) is 0 Å². The van der Waals surface area contributed by atoms with Gasteiger partial charge in [-0.05, 0) is 56.2 Å². The highest BCUT2D eigenvalue weighted by molar-refractivity contribution is 7.92. The molecule has 0 aliphatic heterocycles. The summed E-state index contributed by atoms with van der Waals surface area (Å²) in [7, 11) is -4.11. The number of halogens is 1. The van der Waals surface area contributed by atoms with Crippen molar-refractivity contribution in [2.45, 2.75) is 50.7 Å². The number of benzene rings is 3. The Morgan fingerprint density at radius 1 is 0.919 bits per heavy atom. The normalized spacial score (nSPS) is 12.9. The smallest absolute Gasteiger partial charge is 0.264 e. The molecule has 0 heterocycles. The highest BCUT2D eigenvalue weighted by Crippen LogP contribution is 2.26. The van der Waals surface area contributed by atoms with Crippen LogP contribution in [0, 0.1) is 0 Å². The molecule has 3 aromatic carbocycles. The summed E-state index contributed by atoms with van der Waals surface area (Å²) in [6.07, 6.45) is 0.739. The van der Waals surface area contributed by atoms with Gasteiger partial charge >= 0.3 is 0 Å². The second-order valence-electron chi connectivity index (χ2n) is 8.81. The highest BCUT2D eigenvalue weighted by atomic mass is 35.5. The van der Waals surface area contributed by atoms with E-state index in [1.807, 2.05) is 44.2 Å². The van der Waals surface area contributed by atoms with Crippen LogP contribution in [-0.4, -0.2) is 43.8 Å². The van der Waals surface area contributed by atoms with Crippen LogP contribution in [0.2, 0.25) is 5.02 Å². The Morgan fingerprint density at radius 3 is 2.14 bits per heavy atom. The molecule has 0 saturated carbocycles. The lowest BCUT2D eigenvalue weighted by Gasteiger charge is -2.32. The van der Waals surface area contributed by atoms with Gasteiger partial charge in [0.25, 0.3) is 10.0 Å². The first-order valence-corrected chi connectivity index (χ1v) is 13.9. The molecule has 0 spiro atoms. The SMILES string of the molecule is CC[C@@H](C)NC(=O)[C@@H](C)N(Cc1ccccc1)C(=O)CN(c1cccc(Cl)c1)S(=O)(=O)c1ccccc1. The third kappa shape index (κ3) is 7.33. The molecule has 2 amide bonds. The lowest BCUT2D eigenvalue weighted by Crippen LogP contribution is -2.52. The second-order valence-corrected chi connectivity index (χ2v) is 11.1. The number of nitrogens with zero attached hydrogens (tertiary/aromatic N) is 2. The van der Waals surface area contributed by atoms with Gasteiger partial charge in [-0.1, -0.05) is 73.1 Å². The minimum Gasteiger partial charge on any atom is -0.352 e. The van der Waals surface area contributed by atoms with Crippen LogP contribution >= 0.6 is 11.6 Å². The molecule has 0 fully saturated rings. The lowest BCUT2D eigenvalue weighted by molar-refractivity contribution is -0.139. The molecule has 0 aliphatic rings. The van der Waals surface area contributed by atoms with Crippen molar-refractivity contribution >= 4 is 39.1 Å². The van der Waals surface area contributed by atoms with Gasteiger partial charge in [-0.3, -0.25) is 13.9 Å². The first-order valence-electron chi connectivity index (χ1n) is 12.1. The first-order chi connectivity index (χ1) is 17.6. The number of sulfonamides is 1. The highest BCUT2D eigenvalue weighted by Gasteiger charge is 2.32. The minimum atomic E-state index is -4.11. The number of amides is 2. The quantitative estimate of drug-likeness (QED) is 0.375. The Kier molecular flexibility index (Phi) is 9.72. The second kappa shape index (κ2) is 12.7. The van der Waals surface area contributed by atoms with E-state index < -0.39 is 28.5 Å².